The van der Waals surface area contributed by atoms with Gasteiger partial charge in [-0.2, -0.15) is 13.2 Å². The quantitative estimate of drug-likeness (QED) is 0.795. The third-order valence-electron chi connectivity index (χ3n) is 3.02. The molecule has 1 aromatic carbocycles. The van der Waals surface area contributed by atoms with Crippen LogP contribution in [0.15, 0.2) is 18.2 Å². The number of carboxylic acids is 1. The zero-order chi connectivity index (χ0) is 12.8. The summed E-state index contributed by atoms with van der Waals surface area (Å²) >= 11 is 0. The van der Waals surface area contributed by atoms with Crippen LogP contribution in [0.2, 0.25) is 0 Å². The van der Waals surface area contributed by atoms with Crippen LogP contribution in [0.25, 0.3) is 0 Å². The van der Waals surface area contributed by atoms with Gasteiger partial charge in [-0.15, -0.1) is 0 Å². The molecule has 0 saturated heterocycles. The predicted molar refractivity (Wildman–Crippen MR) is 53.2 cm³/mol. The van der Waals surface area contributed by atoms with Gasteiger partial charge in [-0.25, -0.2) is 0 Å². The molecule has 2 rings (SSSR count). The first-order chi connectivity index (χ1) is 7.80. The van der Waals surface area contributed by atoms with Crippen molar-refractivity contribution in [2.75, 3.05) is 0 Å². The summed E-state index contributed by atoms with van der Waals surface area (Å²) in [6.45, 7) is 0. The number of hydrogen-bond donors (Lipinski definition) is 2. The fourth-order valence-electron chi connectivity index (χ4n) is 2.09. The number of carbonyl (C=O) groups is 1. The fraction of sp³-hybridized carbons (Fsp3) is 0.364. The van der Waals surface area contributed by atoms with Crippen LogP contribution in [-0.4, -0.2) is 11.1 Å². The average molecular weight is 245 g/mol. The number of hydrogen-bond acceptors (Lipinski definition) is 2. The van der Waals surface area contributed by atoms with Crippen molar-refractivity contribution in [2.45, 2.75) is 18.6 Å². The van der Waals surface area contributed by atoms with Gasteiger partial charge in [-0.05, 0) is 29.7 Å². The molecule has 1 aromatic rings. The highest BCUT2D eigenvalue weighted by Crippen LogP contribution is 2.38. The molecular weight excluding hydrogens is 235 g/mol. The second kappa shape index (κ2) is 3.73. The van der Waals surface area contributed by atoms with Crippen LogP contribution in [0, 0.1) is 5.92 Å². The first-order valence-corrected chi connectivity index (χ1v) is 4.99. The smallest absolute Gasteiger partial charge is 0.416 e. The van der Waals surface area contributed by atoms with Gasteiger partial charge in [0.25, 0.3) is 0 Å². The highest BCUT2D eigenvalue weighted by atomic mass is 19.4. The Bertz CT molecular complexity index is 470. The van der Waals surface area contributed by atoms with Gasteiger partial charge >= 0.3 is 12.1 Å². The topological polar surface area (TPSA) is 63.3 Å². The summed E-state index contributed by atoms with van der Waals surface area (Å²) in [6, 6.07) is 2.34. The molecular formula is C11H10F3NO2. The lowest BCUT2D eigenvalue weighted by molar-refractivity contribution is -0.142. The largest absolute Gasteiger partial charge is 0.481 e. The molecule has 0 heterocycles. The minimum Gasteiger partial charge on any atom is -0.481 e. The van der Waals surface area contributed by atoms with E-state index in [0.717, 1.165) is 12.1 Å². The van der Waals surface area contributed by atoms with Crippen LogP contribution in [0.1, 0.15) is 22.7 Å². The Balaban J connectivity index is 2.41. The van der Waals surface area contributed by atoms with Gasteiger partial charge < -0.3 is 10.8 Å². The standard InChI is InChI=1S/C11H10F3NO2/c12-11(13,14)6-2-1-5-3-8(10(16)17)9(15)7(5)4-6/h1-2,4,8-9H,3,15H2,(H,16,17). The summed E-state index contributed by atoms with van der Waals surface area (Å²) in [5, 5.41) is 8.88. The Kier molecular flexibility index (Phi) is 2.61. The van der Waals surface area contributed by atoms with Crippen molar-refractivity contribution in [2.24, 2.45) is 11.7 Å². The van der Waals surface area contributed by atoms with E-state index in [4.69, 9.17) is 10.8 Å². The number of carboxylic acid groups (broad SMARTS) is 1. The van der Waals surface area contributed by atoms with Crippen molar-refractivity contribution in [3.63, 3.8) is 0 Å². The van der Waals surface area contributed by atoms with Crippen LogP contribution >= 0.6 is 0 Å². The fourth-order valence-corrected chi connectivity index (χ4v) is 2.09. The first kappa shape index (κ1) is 11.9. The van der Waals surface area contributed by atoms with E-state index in [1.54, 1.807) is 0 Å². The van der Waals surface area contributed by atoms with Crippen molar-refractivity contribution >= 4 is 5.97 Å². The molecule has 2 atom stereocenters. The van der Waals surface area contributed by atoms with Crippen LogP contribution < -0.4 is 5.73 Å². The van der Waals surface area contributed by atoms with E-state index in [1.807, 2.05) is 0 Å². The third kappa shape index (κ3) is 2.00. The van der Waals surface area contributed by atoms with Crippen molar-refractivity contribution in [3.8, 4) is 0 Å². The number of fused-ring (bicyclic) bond motifs is 1. The van der Waals surface area contributed by atoms with E-state index >= 15 is 0 Å². The first-order valence-electron chi connectivity index (χ1n) is 4.99. The Morgan fingerprint density at radius 2 is 2.06 bits per heavy atom. The summed E-state index contributed by atoms with van der Waals surface area (Å²) in [5.41, 5.74) is 5.73. The van der Waals surface area contributed by atoms with E-state index in [1.165, 1.54) is 6.07 Å². The van der Waals surface area contributed by atoms with Crippen molar-refractivity contribution in [3.05, 3.63) is 34.9 Å². The second-order valence-corrected chi connectivity index (χ2v) is 4.09. The van der Waals surface area contributed by atoms with E-state index in [0.29, 0.717) is 5.56 Å². The molecule has 2 unspecified atom stereocenters. The number of rotatable bonds is 1. The highest BCUT2D eigenvalue weighted by Gasteiger charge is 2.38. The van der Waals surface area contributed by atoms with Gasteiger partial charge in [0.05, 0.1) is 11.5 Å². The monoisotopic (exact) mass is 245 g/mol. The minimum atomic E-state index is -4.43. The molecule has 1 aliphatic carbocycles. The maximum atomic E-state index is 12.5. The van der Waals surface area contributed by atoms with E-state index in [9.17, 15) is 18.0 Å². The normalized spacial score (nSPS) is 23.5. The molecule has 3 nitrogen and oxygen atoms in total. The number of benzene rings is 1. The molecule has 0 spiro atoms. The average Bonchev–Trinajstić information content (AvgIpc) is 2.54. The molecule has 6 heteroatoms. The van der Waals surface area contributed by atoms with Crippen molar-refractivity contribution in [1.82, 2.24) is 0 Å². The number of halogens is 3. The maximum Gasteiger partial charge on any atom is 0.416 e. The third-order valence-corrected chi connectivity index (χ3v) is 3.02. The van der Waals surface area contributed by atoms with Gasteiger partial charge in [0.1, 0.15) is 0 Å². The molecule has 0 aromatic heterocycles. The molecule has 17 heavy (non-hydrogen) atoms. The van der Waals surface area contributed by atoms with Gasteiger partial charge in [-0.1, -0.05) is 6.07 Å². The lowest BCUT2D eigenvalue weighted by Gasteiger charge is -2.12. The second-order valence-electron chi connectivity index (χ2n) is 4.09. The van der Waals surface area contributed by atoms with Gasteiger partial charge in [-0.3, -0.25) is 4.79 Å². The van der Waals surface area contributed by atoms with Crippen LogP contribution in [0.4, 0.5) is 13.2 Å². The van der Waals surface area contributed by atoms with Crippen LogP contribution in [0.3, 0.4) is 0 Å². The van der Waals surface area contributed by atoms with Gasteiger partial charge in [0.2, 0.25) is 0 Å². The Morgan fingerprint density at radius 1 is 1.41 bits per heavy atom. The number of nitrogens with two attached hydrogens (primary N) is 1. The van der Waals surface area contributed by atoms with Gasteiger partial charge in [0.15, 0.2) is 0 Å². The summed E-state index contributed by atoms with van der Waals surface area (Å²) < 4.78 is 37.4. The predicted octanol–water partition coefficient (Wildman–Crippen LogP) is 1.96. The Hall–Kier alpha value is -1.56. The molecule has 1 aliphatic rings. The Morgan fingerprint density at radius 3 is 2.59 bits per heavy atom. The zero-order valence-corrected chi connectivity index (χ0v) is 8.66. The summed E-state index contributed by atoms with van der Waals surface area (Å²) in [4.78, 5) is 10.9. The molecule has 0 aliphatic heterocycles. The molecule has 0 fully saturated rings. The van der Waals surface area contributed by atoms with Gasteiger partial charge in [0, 0.05) is 6.04 Å². The molecule has 92 valence electrons. The van der Waals surface area contributed by atoms with E-state index in [2.05, 4.69) is 0 Å². The van der Waals surface area contributed by atoms with Crippen LogP contribution in [-0.2, 0) is 17.4 Å². The molecule has 0 radical (unpaired) electrons. The van der Waals surface area contributed by atoms with Crippen LogP contribution in [0.5, 0.6) is 0 Å². The minimum absolute atomic E-state index is 0.184. The zero-order valence-electron chi connectivity index (χ0n) is 8.66. The summed E-state index contributed by atoms with van der Waals surface area (Å²) in [5.74, 6) is -1.92. The molecule has 3 N–H and O–H groups in total. The van der Waals surface area contributed by atoms with E-state index < -0.39 is 29.7 Å². The summed E-state index contributed by atoms with van der Waals surface area (Å²) in [7, 11) is 0. The highest BCUT2D eigenvalue weighted by molar-refractivity contribution is 5.73. The lowest BCUT2D eigenvalue weighted by atomic mass is 10.0. The molecule has 0 amide bonds. The lowest BCUT2D eigenvalue weighted by Crippen LogP contribution is -2.24. The number of alkyl halides is 3. The molecule has 0 bridgehead atoms. The van der Waals surface area contributed by atoms with Crippen molar-refractivity contribution < 1.29 is 23.1 Å². The van der Waals surface area contributed by atoms with E-state index in [-0.39, 0.29) is 12.0 Å². The SMILES string of the molecule is NC1c2cc(C(F)(F)F)ccc2CC1C(=O)O. The number of aliphatic carboxylic acids is 1. The Labute approximate surface area is 95.0 Å². The summed E-state index contributed by atoms with van der Waals surface area (Å²) in [6.07, 6.45) is -4.25. The maximum absolute atomic E-state index is 12.5. The molecule has 0 saturated carbocycles. The van der Waals surface area contributed by atoms with Crippen molar-refractivity contribution in [1.29, 1.82) is 0 Å².